The number of aryl methyl sites for hydroxylation is 1. The van der Waals surface area contributed by atoms with E-state index in [9.17, 15) is 13.2 Å². The molecule has 1 aromatic carbocycles. The highest BCUT2D eigenvalue weighted by atomic mass is 19.4. The smallest absolute Gasteiger partial charge is 0.421 e. The van der Waals surface area contributed by atoms with Crippen LogP contribution in [0.25, 0.3) is 0 Å². The number of rotatable bonds is 5. The Morgan fingerprint density at radius 3 is 2.52 bits per heavy atom. The Labute approximate surface area is 146 Å². The molecule has 0 saturated carbocycles. The third-order valence-electron chi connectivity index (χ3n) is 4.63. The molecule has 0 amide bonds. The molecular formula is C18H25F3N2O2. The minimum Gasteiger partial charge on any atom is -0.496 e. The fraction of sp³-hybridized carbons (Fsp3) is 0.611. The van der Waals surface area contributed by atoms with Gasteiger partial charge in [-0.25, -0.2) is 4.99 Å². The van der Waals surface area contributed by atoms with E-state index in [1.54, 1.807) is 19.3 Å². The zero-order chi connectivity index (χ0) is 18.8. The molecule has 0 bridgehead atoms. The van der Waals surface area contributed by atoms with Crippen molar-refractivity contribution < 1.29 is 22.6 Å². The summed E-state index contributed by atoms with van der Waals surface area (Å²) < 4.78 is 51.8. The number of aliphatic imine (C=N–C) groups is 1. The van der Waals surface area contributed by atoms with Crippen LogP contribution in [0.5, 0.6) is 5.75 Å². The second kappa shape index (κ2) is 7.23. The Hall–Kier alpha value is -1.76. The first kappa shape index (κ1) is 19.6. The standard InChI is InChI=1S/C18H25F3N2O2/c1-12(2)23(4)11-22-15-10-16(24-5)14(9-13(15)3)17(18(19,20)21)7-6-8-25-17/h9-12H,6-8H2,1-5H3/b22-11+. The molecule has 1 saturated heterocycles. The average molecular weight is 358 g/mol. The average Bonchev–Trinajstić information content (AvgIpc) is 3.03. The van der Waals surface area contributed by atoms with Gasteiger partial charge in [0, 0.05) is 31.3 Å². The van der Waals surface area contributed by atoms with E-state index in [0.717, 1.165) is 0 Å². The highest BCUT2D eigenvalue weighted by Gasteiger charge is 2.60. The molecule has 1 fully saturated rings. The third kappa shape index (κ3) is 3.76. The quantitative estimate of drug-likeness (QED) is 0.571. The highest BCUT2D eigenvalue weighted by molar-refractivity contribution is 5.65. The van der Waals surface area contributed by atoms with E-state index in [2.05, 4.69) is 4.99 Å². The van der Waals surface area contributed by atoms with Gasteiger partial charge in [0.1, 0.15) is 5.75 Å². The largest absolute Gasteiger partial charge is 0.496 e. The van der Waals surface area contributed by atoms with Crippen LogP contribution in [0.1, 0.15) is 37.8 Å². The van der Waals surface area contributed by atoms with Gasteiger partial charge < -0.3 is 14.4 Å². The van der Waals surface area contributed by atoms with Gasteiger partial charge in [-0.05, 0) is 45.2 Å². The zero-order valence-corrected chi connectivity index (χ0v) is 15.3. The van der Waals surface area contributed by atoms with Crippen molar-refractivity contribution in [3.63, 3.8) is 0 Å². The van der Waals surface area contributed by atoms with Crippen LogP contribution in [0, 0.1) is 6.92 Å². The summed E-state index contributed by atoms with van der Waals surface area (Å²) in [7, 11) is 3.25. The first-order chi connectivity index (χ1) is 11.6. The zero-order valence-electron chi connectivity index (χ0n) is 15.3. The van der Waals surface area contributed by atoms with Crippen molar-refractivity contribution in [1.29, 1.82) is 0 Å². The molecule has 0 radical (unpaired) electrons. The molecule has 0 aromatic heterocycles. The number of benzene rings is 1. The number of alkyl halides is 3. The fourth-order valence-electron chi connectivity index (χ4n) is 2.82. The van der Waals surface area contributed by atoms with E-state index < -0.39 is 11.8 Å². The molecule has 1 aliphatic heterocycles. The summed E-state index contributed by atoms with van der Waals surface area (Å²) in [4.78, 5) is 6.30. The van der Waals surface area contributed by atoms with Crippen LogP contribution in [0.15, 0.2) is 17.1 Å². The van der Waals surface area contributed by atoms with Crippen molar-refractivity contribution >= 4 is 12.0 Å². The van der Waals surface area contributed by atoms with Gasteiger partial charge in [0.15, 0.2) is 5.60 Å². The van der Waals surface area contributed by atoms with Crippen LogP contribution in [-0.2, 0) is 10.3 Å². The maximum absolute atomic E-state index is 13.8. The lowest BCUT2D eigenvalue weighted by Crippen LogP contribution is -2.42. The second-order valence-electron chi connectivity index (χ2n) is 6.62. The summed E-state index contributed by atoms with van der Waals surface area (Å²) in [5, 5.41) is 0. The van der Waals surface area contributed by atoms with Gasteiger partial charge in [-0.2, -0.15) is 13.2 Å². The van der Waals surface area contributed by atoms with E-state index in [-0.39, 0.29) is 30.4 Å². The van der Waals surface area contributed by atoms with Crippen molar-refractivity contribution in [2.45, 2.75) is 51.4 Å². The molecule has 1 unspecified atom stereocenters. The molecule has 140 valence electrons. The lowest BCUT2D eigenvalue weighted by atomic mass is 9.88. The van der Waals surface area contributed by atoms with Crippen LogP contribution < -0.4 is 4.74 Å². The predicted octanol–water partition coefficient (Wildman–Crippen LogP) is 4.57. The summed E-state index contributed by atoms with van der Waals surface area (Å²) >= 11 is 0. The molecule has 1 aromatic rings. The van der Waals surface area contributed by atoms with E-state index in [0.29, 0.717) is 17.7 Å². The Kier molecular flexibility index (Phi) is 5.66. The first-order valence-corrected chi connectivity index (χ1v) is 8.28. The predicted molar refractivity (Wildman–Crippen MR) is 91.7 cm³/mol. The van der Waals surface area contributed by atoms with Crippen molar-refractivity contribution in [2.75, 3.05) is 20.8 Å². The topological polar surface area (TPSA) is 34.1 Å². The van der Waals surface area contributed by atoms with Gasteiger partial charge in [0.2, 0.25) is 0 Å². The molecule has 0 aliphatic carbocycles. The number of hydrogen-bond acceptors (Lipinski definition) is 3. The molecule has 2 rings (SSSR count). The molecule has 4 nitrogen and oxygen atoms in total. The van der Waals surface area contributed by atoms with Gasteiger partial charge in [0.25, 0.3) is 0 Å². The summed E-state index contributed by atoms with van der Waals surface area (Å²) in [5.41, 5.74) is -1.07. The lowest BCUT2D eigenvalue weighted by Gasteiger charge is -2.32. The van der Waals surface area contributed by atoms with Crippen LogP contribution >= 0.6 is 0 Å². The van der Waals surface area contributed by atoms with Crippen LogP contribution in [-0.4, -0.2) is 44.2 Å². The molecule has 0 spiro atoms. The molecule has 25 heavy (non-hydrogen) atoms. The van der Waals surface area contributed by atoms with E-state index in [1.165, 1.54) is 13.2 Å². The van der Waals surface area contributed by atoms with Crippen molar-refractivity contribution in [3.05, 3.63) is 23.3 Å². The molecule has 1 heterocycles. The Morgan fingerprint density at radius 1 is 1.36 bits per heavy atom. The molecule has 1 atom stereocenters. The Balaban J connectivity index is 2.50. The van der Waals surface area contributed by atoms with Crippen molar-refractivity contribution in [3.8, 4) is 5.75 Å². The molecular weight excluding hydrogens is 333 g/mol. The second-order valence-corrected chi connectivity index (χ2v) is 6.62. The minimum atomic E-state index is -4.51. The van der Waals surface area contributed by atoms with E-state index in [4.69, 9.17) is 9.47 Å². The number of halogens is 3. The van der Waals surface area contributed by atoms with Crippen LogP contribution in [0.4, 0.5) is 18.9 Å². The van der Waals surface area contributed by atoms with Gasteiger partial charge in [-0.1, -0.05) is 0 Å². The summed E-state index contributed by atoms with van der Waals surface area (Å²) in [5.74, 6) is 0.143. The normalized spacial score (nSPS) is 21.3. The van der Waals surface area contributed by atoms with Crippen LogP contribution in [0.3, 0.4) is 0 Å². The SMILES string of the molecule is COc1cc(/N=C/N(C)C(C)C)c(C)cc1C1(C(F)(F)F)CCCO1. The van der Waals surface area contributed by atoms with Gasteiger partial charge in [-0.3, -0.25) is 0 Å². The van der Waals surface area contributed by atoms with Crippen LogP contribution in [0.2, 0.25) is 0 Å². The maximum Gasteiger partial charge on any atom is 0.421 e. The number of hydrogen-bond donors (Lipinski definition) is 0. The van der Waals surface area contributed by atoms with E-state index in [1.807, 2.05) is 25.8 Å². The molecule has 1 aliphatic rings. The van der Waals surface area contributed by atoms with Crippen molar-refractivity contribution in [2.24, 2.45) is 4.99 Å². The number of ether oxygens (including phenoxy) is 2. The van der Waals surface area contributed by atoms with Gasteiger partial charge in [-0.15, -0.1) is 0 Å². The van der Waals surface area contributed by atoms with E-state index >= 15 is 0 Å². The number of nitrogens with zero attached hydrogens (tertiary/aromatic N) is 2. The number of methoxy groups -OCH3 is 1. The Morgan fingerprint density at radius 2 is 2.04 bits per heavy atom. The fourth-order valence-corrected chi connectivity index (χ4v) is 2.82. The molecule has 7 heteroatoms. The Bertz CT molecular complexity index is 636. The first-order valence-electron chi connectivity index (χ1n) is 8.28. The summed E-state index contributed by atoms with van der Waals surface area (Å²) in [6.07, 6.45) is -2.59. The monoisotopic (exact) mass is 358 g/mol. The minimum absolute atomic E-state index is 0.0219. The van der Waals surface area contributed by atoms with Gasteiger partial charge in [0.05, 0.1) is 19.1 Å². The summed E-state index contributed by atoms with van der Waals surface area (Å²) in [6.45, 7) is 5.87. The summed E-state index contributed by atoms with van der Waals surface area (Å²) in [6, 6.07) is 3.30. The lowest BCUT2D eigenvalue weighted by molar-refractivity contribution is -0.269. The maximum atomic E-state index is 13.8. The highest BCUT2D eigenvalue weighted by Crippen LogP contribution is 2.52. The van der Waals surface area contributed by atoms with Gasteiger partial charge >= 0.3 is 6.18 Å². The molecule has 0 N–H and O–H groups in total. The third-order valence-corrected chi connectivity index (χ3v) is 4.63. The van der Waals surface area contributed by atoms with Crippen molar-refractivity contribution in [1.82, 2.24) is 4.90 Å².